The summed E-state index contributed by atoms with van der Waals surface area (Å²) in [5.41, 5.74) is 2.27. The van der Waals surface area contributed by atoms with Crippen molar-refractivity contribution in [1.82, 2.24) is 4.98 Å². The fourth-order valence-corrected chi connectivity index (χ4v) is 4.32. The largest absolute Gasteiger partial charge is 0.493 e. The summed E-state index contributed by atoms with van der Waals surface area (Å²) in [6.45, 7) is 5.42. The summed E-state index contributed by atoms with van der Waals surface area (Å²) in [6, 6.07) is 13.2. The van der Waals surface area contributed by atoms with Crippen LogP contribution in [0.2, 0.25) is 0 Å². The molecule has 0 saturated carbocycles. The van der Waals surface area contributed by atoms with Gasteiger partial charge in [0.05, 0.1) is 19.2 Å². The minimum atomic E-state index is -0.426. The van der Waals surface area contributed by atoms with Crippen LogP contribution in [-0.4, -0.2) is 31.2 Å². The molecule has 2 aromatic carbocycles. The second-order valence-corrected chi connectivity index (χ2v) is 8.33. The number of amides is 1. The van der Waals surface area contributed by atoms with E-state index in [1.54, 1.807) is 18.1 Å². The number of nitrogens with zero attached hydrogens (tertiary/aromatic N) is 1. The molecule has 1 aliphatic rings. The number of rotatable bonds is 7. The number of pyridine rings is 1. The number of aromatic amines is 1. The number of hydrogen-bond acceptors (Lipinski definition) is 4. The zero-order chi connectivity index (χ0) is 22.7. The minimum absolute atomic E-state index is 0.129. The molecule has 1 aliphatic heterocycles. The number of anilines is 1. The molecule has 3 aromatic rings. The van der Waals surface area contributed by atoms with E-state index in [0.717, 1.165) is 42.3 Å². The van der Waals surface area contributed by atoms with Gasteiger partial charge in [0, 0.05) is 17.6 Å². The summed E-state index contributed by atoms with van der Waals surface area (Å²) in [5.74, 6) is 1.16. The molecule has 6 nitrogen and oxygen atoms in total. The Bertz CT molecular complexity index is 1180. The van der Waals surface area contributed by atoms with Crippen molar-refractivity contribution in [2.75, 3.05) is 25.2 Å². The first-order valence-corrected chi connectivity index (χ1v) is 11.3. The Labute approximate surface area is 188 Å². The lowest BCUT2D eigenvalue weighted by molar-refractivity contribution is 0.0983. The van der Waals surface area contributed by atoms with E-state index in [1.165, 1.54) is 0 Å². The molecule has 0 bridgehead atoms. The molecule has 0 spiro atoms. The number of ether oxygens (including phenoxy) is 2. The fourth-order valence-electron chi connectivity index (χ4n) is 4.32. The highest BCUT2D eigenvalue weighted by atomic mass is 16.5. The molecule has 4 rings (SSSR count). The normalized spacial score (nSPS) is 15.5. The highest BCUT2D eigenvalue weighted by molar-refractivity contribution is 6.08. The van der Waals surface area contributed by atoms with Crippen LogP contribution in [0.4, 0.5) is 5.69 Å². The number of H-pyrrole nitrogens is 1. The summed E-state index contributed by atoms with van der Waals surface area (Å²) in [4.78, 5) is 31.1. The van der Waals surface area contributed by atoms with E-state index < -0.39 is 5.56 Å². The van der Waals surface area contributed by atoms with Crippen molar-refractivity contribution in [1.29, 1.82) is 0 Å². The van der Waals surface area contributed by atoms with Gasteiger partial charge in [-0.2, -0.15) is 0 Å². The van der Waals surface area contributed by atoms with Crippen LogP contribution in [0.25, 0.3) is 10.9 Å². The standard InChI is InChI=1S/C26H30N2O4/c1-4-5-8-15-32-24-22(31-3)12-11-18-16-20(25(29)27-23(18)24)26(30)28-14-13-17(2)19-9-6-7-10-21(19)28/h6-7,9-12,16-17H,4-5,8,13-15H2,1-3H3,(H,27,29). The van der Waals surface area contributed by atoms with Gasteiger partial charge in [-0.15, -0.1) is 0 Å². The van der Waals surface area contributed by atoms with E-state index in [0.29, 0.717) is 36.1 Å². The van der Waals surface area contributed by atoms with Crippen molar-refractivity contribution < 1.29 is 14.3 Å². The third-order valence-corrected chi connectivity index (χ3v) is 6.17. The van der Waals surface area contributed by atoms with Crippen LogP contribution in [0.15, 0.2) is 47.3 Å². The number of fused-ring (bicyclic) bond motifs is 2. The van der Waals surface area contributed by atoms with Crippen LogP contribution in [-0.2, 0) is 0 Å². The Morgan fingerprint density at radius 3 is 2.78 bits per heavy atom. The molecular weight excluding hydrogens is 404 g/mol. The van der Waals surface area contributed by atoms with E-state index in [4.69, 9.17) is 9.47 Å². The predicted molar refractivity (Wildman–Crippen MR) is 127 cm³/mol. The molecule has 0 aliphatic carbocycles. The van der Waals surface area contributed by atoms with Gasteiger partial charge < -0.3 is 19.4 Å². The van der Waals surface area contributed by atoms with Gasteiger partial charge in [0.25, 0.3) is 11.5 Å². The van der Waals surface area contributed by atoms with Crippen molar-refractivity contribution >= 4 is 22.5 Å². The molecule has 0 radical (unpaired) electrons. The average Bonchev–Trinajstić information content (AvgIpc) is 2.81. The monoisotopic (exact) mass is 434 g/mol. The van der Waals surface area contributed by atoms with E-state index in [2.05, 4.69) is 24.9 Å². The third kappa shape index (κ3) is 4.09. The molecule has 1 aromatic heterocycles. The van der Waals surface area contributed by atoms with Gasteiger partial charge >= 0.3 is 0 Å². The van der Waals surface area contributed by atoms with Gasteiger partial charge in [0.2, 0.25) is 0 Å². The highest BCUT2D eigenvalue weighted by Crippen LogP contribution is 2.37. The molecule has 6 heteroatoms. The second kappa shape index (κ2) is 9.47. The third-order valence-electron chi connectivity index (χ3n) is 6.17. The lowest BCUT2D eigenvalue weighted by Crippen LogP contribution is -2.39. The first-order valence-electron chi connectivity index (χ1n) is 11.3. The Morgan fingerprint density at radius 1 is 1.19 bits per heavy atom. The van der Waals surface area contributed by atoms with Gasteiger partial charge in [-0.25, -0.2) is 0 Å². The van der Waals surface area contributed by atoms with Gasteiger partial charge in [0.15, 0.2) is 11.5 Å². The predicted octanol–water partition coefficient (Wildman–Crippen LogP) is 5.26. The number of unbranched alkanes of at least 4 members (excludes halogenated alkanes) is 2. The maximum atomic E-state index is 13.4. The number of para-hydroxylation sites is 1. The number of methoxy groups -OCH3 is 1. The maximum absolute atomic E-state index is 13.4. The minimum Gasteiger partial charge on any atom is -0.493 e. The van der Waals surface area contributed by atoms with Crippen molar-refractivity contribution in [3.8, 4) is 11.5 Å². The smallest absolute Gasteiger partial charge is 0.263 e. The van der Waals surface area contributed by atoms with E-state index in [9.17, 15) is 9.59 Å². The highest BCUT2D eigenvalue weighted by Gasteiger charge is 2.28. The fraction of sp³-hybridized carbons (Fsp3) is 0.385. The lowest BCUT2D eigenvalue weighted by Gasteiger charge is -2.32. The molecule has 1 amide bonds. The first-order chi connectivity index (χ1) is 15.5. The summed E-state index contributed by atoms with van der Waals surface area (Å²) in [6.07, 6.45) is 3.94. The van der Waals surface area contributed by atoms with Crippen molar-refractivity contribution in [3.05, 3.63) is 63.9 Å². The number of aromatic nitrogens is 1. The Hall–Kier alpha value is -3.28. The number of carbonyl (C=O) groups is 1. The lowest BCUT2D eigenvalue weighted by atomic mass is 9.91. The van der Waals surface area contributed by atoms with Crippen LogP contribution in [0, 0.1) is 0 Å². The van der Waals surface area contributed by atoms with Crippen LogP contribution in [0.5, 0.6) is 11.5 Å². The van der Waals surface area contributed by atoms with Crippen molar-refractivity contribution in [3.63, 3.8) is 0 Å². The quantitative estimate of drug-likeness (QED) is 0.515. The average molecular weight is 435 g/mol. The SMILES string of the molecule is CCCCCOc1c(OC)ccc2cc(C(=O)N3CCC(C)c4ccccc43)c(=O)[nH]c12. The van der Waals surface area contributed by atoms with Crippen LogP contribution < -0.4 is 19.9 Å². The molecule has 1 unspecified atom stereocenters. The Morgan fingerprint density at radius 2 is 2.00 bits per heavy atom. The Kier molecular flexibility index (Phi) is 6.49. The first kappa shape index (κ1) is 21.9. The Balaban J connectivity index is 1.72. The summed E-state index contributed by atoms with van der Waals surface area (Å²) >= 11 is 0. The van der Waals surface area contributed by atoms with Gasteiger partial charge in [-0.1, -0.05) is 44.9 Å². The number of hydrogen-bond donors (Lipinski definition) is 1. The molecule has 1 N–H and O–H groups in total. The topological polar surface area (TPSA) is 71.6 Å². The van der Waals surface area contributed by atoms with E-state index in [1.807, 2.05) is 30.3 Å². The van der Waals surface area contributed by atoms with Gasteiger partial charge in [0.1, 0.15) is 5.56 Å². The second-order valence-electron chi connectivity index (χ2n) is 8.33. The molecule has 1 atom stereocenters. The van der Waals surface area contributed by atoms with Crippen LogP contribution in [0.3, 0.4) is 0 Å². The molecule has 0 fully saturated rings. The van der Waals surface area contributed by atoms with E-state index >= 15 is 0 Å². The number of benzene rings is 2. The van der Waals surface area contributed by atoms with Crippen LogP contribution in [0.1, 0.15) is 61.4 Å². The molecule has 32 heavy (non-hydrogen) atoms. The molecule has 2 heterocycles. The molecule has 0 saturated heterocycles. The summed E-state index contributed by atoms with van der Waals surface area (Å²) < 4.78 is 11.4. The number of nitrogens with one attached hydrogen (secondary N) is 1. The molecular formula is C26H30N2O4. The molecule has 168 valence electrons. The van der Waals surface area contributed by atoms with Crippen molar-refractivity contribution in [2.45, 2.75) is 45.4 Å². The number of carbonyl (C=O) groups excluding carboxylic acids is 1. The zero-order valence-electron chi connectivity index (χ0n) is 18.9. The van der Waals surface area contributed by atoms with E-state index in [-0.39, 0.29) is 11.5 Å². The van der Waals surface area contributed by atoms with Gasteiger partial charge in [-0.05, 0) is 48.6 Å². The van der Waals surface area contributed by atoms with Crippen molar-refractivity contribution in [2.24, 2.45) is 0 Å². The van der Waals surface area contributed by atoms with Gasteiger partial charge in [-0.3, -0.25) is 9.59 Å². The summed E-state index contributed by atoms with van der Waals surface area (Å²) in [7, 11) is 1.57. The zero-order valence-corrected chi connectivity index (χ0v) is 18.9. The van der Waals surface area contributed by atoms with Crippen LogP contribution >= 0.6 is 0 Å². The summed E-state index contributed by atoms with van der Waals surface area (Å²) in [5, 5.41) is 0.734. The maximum Gasteiger partial charge on any atom is 0.263 e.